The van der Waals surface area contributed by atoms with Crippen LogP contribution in [0.4, 0.5) is 5.69 Å². The van der Waals surface area contributed by atoms with Crippen LogP contribution in [0.25, 0.3) is 0 Å². The summed E-state index contributed by atoms with van der Waals surface area (Å²) in [6, 6.07) is 11.5. The summed E-state index contributed by atoms with van der Waals surface area (Å²) < 4.78 is 23.8. The van der Waals surface area contributed by atoms with Gasteiger partial charge in [0, 0.05) is 51.9 Å². The number of aliphatic hydroxyl groups excluding tert-OH is 1. The van der Waals surface area contributed by atoms with E-state index in [1.807, 2.05) is 63.2 Å². The maximum Gasteiger partial charge on any atom is 0.258 e. The second-order valence-corrected chi connectivity index (χ2v) is 11.8. The fourth-order valence-corrected chi connectivity index (χ4v) is 5.37. The second-order valence-electron chi connectivity index (χ2n) is 11.8. The molecule has 41 heavy (non-hydrogen) atoms. The molecule has 2 aromatic carbocycles. The summed E-state index contributed by atoms with van der Waals surface area (Å²) in [7, 11) is 6.00. The van der Waals surface area contributed by atoms with Crippen molar-refractivity contribution in [3.05, 3.63) is 47.5 Å². The van der Waals surface area contributed by atoms with Crippen molar-refractivity contribution in [2.75, 3.05) is 59.1 Å². The van der Waals surface area contributed by atoms with Crippen LogP contribution in [0.5, 0.6) is 17.2 Å². The Hall–Kier alpha value is -3.01. The summed E-state index contributed by atoms with van der Waals surface area (Å²) in [5.74, 6) is 2.02. The molecule has 1 amide bonds. The van der Waals surface area contributed by atoms with Crippen molar-refractivity contribution in [1.29, 1.82) is 0 Å². The number of ether oxygens (including phenoxy) is 4. The van der Waals surface area contributed by atoms with Crippen LogP contribution in [0.1, 0.15) is 56.0 Å². The van der Waals surface area contributed by atoms with Crippen LogP contribution >= 0.6 is 0 Å². The fourth-order valence-electron chi connectivity index (χ4n) is 5.37. The minimum atomic E-state index is -0.363. The Balaban J connectivity index is 1.57. The number of rotatable bonds is 7. The third kappa shape index (κ3) is 8.05. The van der Waals surface area contributed by atoms with E-state index in [0.717, 1.165) is 48.6 Å². The molecule has 2 heterocycles. The molecule has 4 atom stereocenters. The normalized spacial score (nSPS) is 22.6. The highest BCUT2D eigenvalue weighted by Gasteiger charge is 2.30. The predicted molar refractivity (Wildman–Crippen MR) is 160 cm³/mol. The molecular weight excluding hydrogens is 522 g/mol. The SMILES string of the molecule is C[C@@H]1CCCCO[C@@H](CN(C)Cc2ccc3c(c2)OCO3)[C@H](C)CN([C@H](C)CO)C(=O)c2cc(N(C)C)ccc2O1. The van der Waals surface area contributed by atoms with E-state index >= 15 is 0 Å². The lowest BCUT2D eigenvalue weighted by atomic mass is 10.0. The Bertz CT molecular complexity index is 1160. The van der Waals surface area contributed by atoms with Gasteiger partial charge in [-0.15, -0.1) is 0 Å². The molecule has 2 aliphatic heterocycles. The van der Waals surface area contributed by atoms with E-state index in [0.29, 0.717) is 31.0 Å². The first-order chi connectivity index (χ1) is 19.7. The molecule has 0 bridgehead atoms. The van der Waals surface area contributed by atoms with Crippen molar-refractivity contribution < 1.29 is 28.8 Å². The summed E-state index contributed by atoms with van der Waals surface area (Å²) in [4.78, 5) is 20.1. The van der Waals surface area contributed by atoms with E-state index in [1.54, 1.807) is 4.90 Å². The number of benzene rings is 2. The predicted octanol–water partition coefficient (Wildman–Crippen LogP) is 4.41. The van der Waals surface area contributed by atoms with E-state index in [9.17, 15) is 9.90 Å². The van der Waals surface area contributed by atoms with Gasteiger partial charge in [-0.25, -0.2) is 0 Å². The summed E-state index contributed by atoms with van der Waals surface area (Å²) in [5, 5.41) is 10.1. The number of fused-ring (bicyclic) bond motifs is 2. The van der Waals surface area contributed by atoms with Gasteiger partial charge in [0.25, 0.3) is 5.91 Å². The molecule has 4 rings (SSSR count). The number of amides is 1. The Morgan fingerprint density at radius 3 is 2.54 bits per heavy atom. The monoisotopic (exact) mass is 569 g/mol. The second kappa shape index (κ2) is 14.2. The average molecular weight is 570 g/mol. The van der Waals surface area contributed by atoms with Gasteiger partial charge in [-0.3, -0.25) is 9.69 Å². The zero-order valence-corrected chi connectivity index (χ0v) is 25.5. The topological polar surface area (TPSA) is 83.9 Å². The molecule has 2 aromatic rings. The Kier molecular flexibility index (Phi) is 10.8. The van der Waals surface area contributed by atoms with Gasteiger partial charge in [-0.05, 0) is 76.1 Å². The molecule has 0 saturated heterocycles. The number of anilines is 1. The molecule has 0 spiro atoms. The van der Waals surface area contributed by atoms with E-state index in [2.05, 4.69) is 24.9 Å². The van der Waals surface area contributed by atoms with Crippen molar-refractivity contribution in [2.45, 2.75) is 64.8 Å². The number of nitrogens with zero attached hydrogens (tertiary/aromatic N) is 3. The maximum atomic E-state index is 14.1. The lowest BCUT2D eigenvalue weighted by Gasteiger charge is -2.36. The quantitative estimate of drug-likeness (QED) is 0.525. The molecule has 1 N–H and O–H groups in total. The van der Waals surface area contributed by atoms with Gasteiger partial charge in [0.05, 0.1) is 30.4 Å². The third-order valence-electron chi connectivity index (χ3n) is 7.93. The molecule has 9 heteroatoms. The number of hydrogen-bond acceptors (Lipinski definition) is 8. The van der Waals surface area contributed by atoms with Gasteiger partial charge in [-0.2, -0.15) is 0 Å². The fraction of sp³-hybridized carbons (Fsp3) is 0.594. The van der Waals surface area contributed by atoms with Crippen molar-refractivity contribution in [3.63, 3.8) is 0 Å². The molecule has 9 nitrogen and oxygen atoms in total. The van der Waals surface area contributed by atoms with Crippen LogP contribution in [-0.2, 0) is 11.3 Å². The van der Waals surface area contributed by atoms with Crippen molar-refractivity contribution in [2.24, 2.45) is 5.92 Å². The Morgan fingerprint density at radius 1 is 1.02 bits per heavy atom. The van der Waals surface area contributed by atoms with Crippen LogP contribution in [0.2, 0.25) is 0 Å². The first kappa shape index (κ1) is 30.9. The van der Waals surface area contributed by atoms with Gasteiger partial charge in [0.15, 0.2) is 11.5 Å². The van der Waals surface area contributed by atoms with Gasteiger partial charge >= 0.3 is 0 Å². The van der Waals surface area contributed by atoms with E-state index in [1.165, 1.54) is 0 Å². The van der Waals surface area contributed by atoms with E-state index in [-0.39, 0.29) is 43.5 Å². The highest BCUT2D eigenvalue weighted by Crippen LogP contribution is 2.33. The zero-order chi connectivity index (χ0) is 29.5. The largest absolute Gasteiger partial charge is 0.490 e. The molecule has 2 aliphatic rings. The summed E-state index contributed by atoms with van der Waals surface area (Å²) in [6.07, 6.45) is 2.64. The molecular formula is C32H47N3O6. The van der Waals surface area contributed by atoms with Crippen LogP contribution in [0.15, 0.2) is 36.4 Å². The average Bonchev–Trinajstić information content (AvgIpc) is 3.42. The highest BCUT2D eigenvalue weighted by molar-refractivity contribution is 5.98. The molecule has 0 unspecified atom stereocenters. The van der Waals surface area contributed by atoms with Crippen molar-refractivity contribution >= 4 is 11.6 Å². The number of likely N-dealkylation sites (N-methyl/N-ethyl adjacent to an activating group) is 1. The lowest BCUT2D eigenvalue weighted by Crippen LogP contribution is -2.47. The zero-order valence-electron chi connectivity index (χ0n) is 25.5. The standard InChI is InChI=1S/C32H47N3O6/c1-22-17-35(23(2)20-36)32(37)27-16-26(33(4)5)11-13-28(27)41-24(3)9-7-8-14-38-31(22)19-34(6)18-25-10-12-29-30(15-25)40-21-39-29/h10-13,15-16,22-24,31,36H,7-9,14,17-21H2,1-6H3/t22-,23-,24-,31+/m1/s1. The van der Waals surface area contributed by atoms with Gasteiger partial charge in [0.2, 0.25) is 6.79 Å². The van der Waals surface area contributed by atoms with Crippen molar-refractivity contribution in [1.82, 2.24) is 9.80 Å². The Labute approximate surface area is 244 Å². The number of carbonyl (C=O) groups is 1. The summed E-state index contributed by atoms with van der Waals surface area (Å²) in [5.41, 5.74) is 2.58. The van der Waals surface area contributed by atoms with Crippen LogP contribution in [0.3, 0.4) is 0 Å². The summed E-state index contributed by atoms with van der Waals surface area (Å²) in [6.45, 7) is 8.71. The third-order valence-corrected chi connectivity index (χ3v) is 7.93. The Morgan fingerprint density at radius 2 is 1.78 bits per heavy atom. The van der Waals surface area contributed by atoms with Crippen LogP contribution < -0.4 is 19.1 Å². The van der Waals surface area contributed by atoms with Crippen molar-refractivity contribution in [3.8, 4) is 17.2 Å². The molecule has 0 aliphatic carbocycles. The molecule has 0 saturated carbocycles. The molecule has 0 radical (unpaired) electrons. The van der Waals surface area contributed by atoms with Crippen LogP contribution in [0, 0.1) is 5.92 Å². The molecule has 0 aromatic heterocycles. The summed E-state index contributed by atoms with van der Waals surface area (Å²) >= 11 is 0. The van der Waals surface area contributed by atoms with E-state index in [4.69, 9.17) is 18.9 Å². The van der Waals surface area contributed by atoms with Gasteiger partial charge in [0.1, 0.15) is 5.75 Å². The minimum Gasteiger partial charge on any atom is -0.490 e. The number of aliphatic hydroxyl groups is 1. The minimum absolute atomic E-state index is 0.0235. The van der Waals surface area contributed by atoms with E-state index < -0.39 is 0 Å². The first-order valence-electron chi connectivity index (χ1n) is 14.7. The number of carbonyl (C=O) groups excluding carboxylic acids is 1. The van der Waals surface area contributed by atoms with Crippen LogP contribution in [-0.4, -0.2) is 93.3 Å². The van der Waals surface area contributed by atoms with Gasteiger partial charge < -0.3 is 33.9 Å². The number of hydrogen-bond donors (Lipinski definition) is 1. The first-order valence-corrected chi connectivity index (χ1v) is 14.7. The molecule has 226 valence electrons. The lowest BCUT2D eigenvalue weighted by molar-refractivity contribution is -0.0177. The van der Waals surface area contributed by atoms with Gasteiger partial charge in [-0.1, -0.05) is 13.0 Å². The highest BCUT2D eigenvalue weighted by atomic mass is 16.7. The smallest absolute Gasteiger partial charge is 0.258 e. The maximum absolute atomic E-state index is 14.1. The molecule has 0 fully saturated rings.